The fourth-order valence-corrected chi connectivity index (χ4v) is 1.25. The third kappa shape index (κ3) is 2.43. The molecule has 0 aromatic heterocycles. The Bertz CT molecular complexity index is 368. The third-order valence-corrected chi connectivity index (χ3v) is 2.20. The van der Waals surface area contributed by atoms with Crippen LogP contribution in [0.3, 0.4) is 0 Å². The molecule has 0 saturated carbocycles. The smallest absolute Gasteiger partial charge is 0.311 e. The Hall–Kier alpha value is -1.65. The molecule has 1 unspecified atom stereocenters. The fourth-order valence-electron chi connectivity index (χ4n) is 1.25. The van der Waals surface area contributed by atoms with Crippen molar-refractivity contribution >= 4 is 5.69 Å². The van der Waals surface area contributed by atoms with Crippen LogP contribution in [0, 0.1) is 10.1 Å². The Labute approximate surface area is 86.8 Å². The molecule has 0 heterocycles. The van der Waals surface area contributed by atoms with E-state index in [4.69, 9.17) is 4.74 Å². The zero-order valence-electron chi connectivity index (χ0n) is 8.57. The van der Waals surface area contributed by atoms with Crippen molar-refractivity contribution in [2.45, 2.75) is 12.8 Å². The second-order valence-electron chi connectivity index (χ2n) is 3.24. The Morgan fingerprint density at radius 3 is 2.73 bits per heavy atom. The normalized spacial score (nSPS) is 12.2. The van der Waals surface area contributed by atoms with Crippen LogP contribution in [0.4, 0.5) is 10.1 Å². The van der Waals surface area contributed by atoms with E-state index in [0.29, 0.717) is 5.56 Å². The van der Waals surface area contributed by atoms with E-state index in [1.807, 2.05) is 0 Å². The van der Waals surface area contributed by atoms with Gasteiger partial charge in [-0.2, -0.15) is 0 Å². The number of nitro groups is 1. The Balaban J connectivity index is 3.16. The highest BCUT2D eigenvalue weighted by atomic mass is 19.1. The minimum atomic E-state index is -0.538. The first-order valence-electron chi connectivity index (χ1n) is 4.48. The maximum absolute atomic E-state index is 12.4. The van der Waals surface area contributed by atoms with Crippen molar-refractivity contribution < 1.29 is 14.1 Å². The molecule has 5 heteroatoms. The Morgan fingerprint density at radius 1 is 1.60 bits per heavy atom. The number of hydrogen-bond donors (Lipinski definition) is 0. The lowest BCUT2D eigenvalue weighted by Crippen LogP contribution is -1.99. The van der Waals surface area contributed by atoms with Gasteiger partial charge in [-0.15, -0.1) is 0 Å². The van der Waals surface area contributed by atoms with Gasteiger partial charge >= 0.3 is 5.69 Å². The highest BCUT2D eigenvalue weighted by Crippen LogP contribution is 2.30. The molecular formula is C10H12FNO3. The topological polar surface area (TPSA) is 52.4 Å². The SMILES string of the molecule is COc1ccc(C(C)CF)cc1[N+](=O)[O-]. The fraction of sp³-hybridized carbons (Fsp3) is 0.400. The van der Waals surface area contributed by atoms with Crippen LogP contribution in [0.15, 0.2) is 18.2 Å². The molecule has 0 fully saturated rings. The molecule has 15 heavy (non-hydrogen) atoms. The van der Waals surface area contributed by atoms with Crippen molar-refractivity contribution in [1.29, 1.82) is 0 Å². The number of alkyl halides is 1. The molecule has 0 N–H and O–H groups in total. The molecule has 1 aromatic carbocycles. The van der Waals surface area contributed by atoms with E-state index in [1.165, 1.54) is 19.2 Å². The summed E-state index contributed by atoms with van der Waals surface area (Å²) in [7, 11) is 1.36. The lowest BCUT2D eigenvalue weighted by molar-refractivity contribution is -0.385. The number of nitro benzene ring substituents is 1. The van der Waals surface area contributed by atoms with Crippen LogP contribution < -0.4 is 4.74 Å². The summed E-state index contributed by atoms with van der Waals surface area (Å²) < 4.78 is 17.2. The summed E-state index contributed by atoms with van der Waals surface area (Å²) in [5.41, 5.74) is 0.473. The van der Waals surface area contributed by atoms with Crippen molar-refractivity contribution in [3.05, 3.63) is 33.9 Å². The molecule has 0 aliphatic carbocycles. The summed E-state index contributed by atoms with van der Waals surface area (Å²) in [4.78, 5) is 10.1. The van der Waals surface area contributed by atoms with E-state index < -0.39 is 11.6 Å². The van der Waals surface area contributed by atoms with Crippen LogP contribution in [0.1, 0.15) is 18.4 Å². The van der Waals surface area contributed by atoms with E-state index in [0.717, 1.165) is 0 Å². The number of methoxy groups -OCH3 is 1. The number of hydrogen-bond acceptors (Lipinski definition) is 3. The van der Waals surface area contributed by atoms with Gasteiger partial charge in [0.2, 0.25) is 0 Å². The van der Waals surface area contributed by atoms with Crippen molar-refractivity contribution in [1.82, 2.24) is 0 Å². The Kier molecular flexibility index (Phi) is 3.60. The first-order valence-corrected chi connectivity index (χ1v) is 4.48. The number of rotatable bonds is 4. The number of halogens is 1. The Morgan fingerprint density at radius 2 is 2.27 bits per heavy atom. The predicted octanol–water partition coefficient (Wildman–Crippen LogP) is 2.68. The maximum Gasteiger partial charge on any atom is 0.311 e. The minimum Gasteiger partial charge on any atom is -0.490 e. The van der Waals surface area contributed by atoms with Gasteiger partial charge < -0.3 is 4.74 Å². The second-order valence-corrected chi connectivity index (χ2v) is 3.24. The zero-order chi connectivity index (χ0) is 11.4. The quantitative estimate of drug-likeness (QED) is 0.570. The van der Waals surface area contributed by atoms with Crippen LogP contribution in [-0.4, -0.2) is 18.7 Å². The molecule has 0 amide bonds. The molecule has 0 radical (unpaired) electrons. The van der Waals surface area contributed by atoms with Crippen molar-refractivity contribution in [2.24, 2.45) is 0 Å². The summed E-state index contributed by atoms with van der Waals surface area (Å²) in [6.45, 7) is 1.13. The number of ether oxygens (including phenoxy) is 1. The van der Waals surface area contributed by atoms with E-state index in [9.17, 15) is 14.5 Å². The van der Waals surface area contributed by atoms with Gasteiger partial charge in [0, 0.05) is 12.0 Å². The van der Waals surface area contributed by atoms with Gasteiger partial charge in [0.1, 0.15) is 0 Å². The molecule has 1 aromatic rings. The largest absolute Gasteiger partial charge is 0.490 e. The van der Waals surface area contributed by atoms with E-state index in [2.05, 4.69) is 0 Å². The summed E-state index contributed by atoms with van der Waals surface area (Å²) in [5.74, 6) is -0.149. The predicted molar refractivity (Wildman–Crippen MR) is 54.0 cm³/mol. The van der Waals surface area contributed by atoms with Gasteiger partial charge in [-0.3, -0.25) is 14.5 Å². The van der Waals surface area contributed by atoms with E-state index >= 15 is 0 Å². The highest BCUT2D eigenvalue weighted by Gasteiger charge is 2.17. The van der Waals surface area contributed by atoms with Gasteiger partial charge in [0.05, 0.1) is 18.7 Å². The first-order chi connectivity index (χ1) is 7.10. The van der Waals surface area contributed by atoms with Crippen molar-refractivity contribution in [3.63, 3.8) is 0 Å². The molecule has 0 aliphatic rings. The van der Waals surface area contributed by atoms with Crippen molar-refractivity contribution in [3.8, 4) is 5.75 Å². The van der Waals surface area contributed by atoms with Gasteiger partial charge in [0.15, 0.2) is 5.75 Å². The average molecular weight is 213 g/mol. The number of nitrogens with zero attached hydrogens (tertiary/aromatic N) is 1. The summed E-state index contributed by atoms with van der Waals surface area (Å²) in [6.07, 6.45) is 0. The molecule has 0 bridgehead atoms. The summed E-state index contributed by atoms with van der Waals surface area (Å²) >= 11 is 0. The van der Waals surface area contributed by atoms with Gasteiger partial charge in [-0.1, -0.05) is 13.0 Å². The molecule has 82 valence electrons. The zero-order valence-corrected chi connectivity index (χ0v) is 8.57. The van der Waals surface area contributed by atoms with Crippen LogP contribution in [0.2, 0.25) is 0 Å². The third-order valence-electron chi connectivity index (χ3n) is 2.20. The second kappa shape index (κ2) is 4.72. The molecule has 4 nitrogen and oxygen atoms in total. The molecular weight excluding hydrogens is 201 g/mol. The van der Waals surface area contributed by atoms with Crippen LogP contribution in [0.5, 0.6) is 5.75 Å². The molecule has 0 spiro atoms. The monoisotopic (exact) mass is 213 g/mol. The molecule has 1 atom stereocenters. The van der Waals surface area contributed by atoms with Gasteiger partial charge in [-0.25, -0.2) is 0 Å². The standard InChI is InChI=1S/C10H12FNO3/c1-7(6-11)8-3-4-10(15-2)9(5-8)12(13)14/h3-5,7H,6H2,1-2H3. The molecule has 1 rings (SSSR count). The van der Waals surface area contributed by atoms with Crippen LogP contribution in [0.25, 0.3) is 0 Å². The number of benzene rings is 1. The van der Waals surface area contributed by atoms with E-state index in [1.54, 1.807) is 13.0 Å². The maximum atomic E-state index is 12.4. The average Bonchev–Trinajstić information content (AvgIpc) is 2.27. The highest BCUT2D eigenvalue weighted by molar-refractivity contribution is 5.49. The summed E-state index contributed by atoms with van der Waals surface area (Å²) in [5, 5.41) is 10.7. The van der Waals surface area contributed by atoms with Crippen LogP contribution >= 0.6 is 0 Å². The van der Waals surface area contributed by atoms with E-state index in [-0.39, 0.29) is 17.4 Å². The minimum absolute atomic E-state index is 0.129. The van der Waals surface area contributed by atoms with Crippen LogP contribution in [-0.2, 0) is 0 Å². The van der Waals surface area contributed by atoms with Crippen molar-refractivity contribution in [2.75, 3.05) is 13.8 Å². The summed E-state index contributed by atoms with van der Waals surface area (Å²) in [6, 6.07) is 4.47. The lowest BCUT2D eigenvalue weighted by Gasteiger charge is -2.08. The van der Waals surface area contributed by atoms with Gasteiger partial charge in [-0.05, 0) is 11.6 Å². The first kappa shape index (κ1) is 11.4. The lowest BCUT2D eigenvalue weighted by atomic mass is 10.0. The van der Waals surface area contributed by atoms with Gasteiger partial charge in [0.25, 0.3) is 0 Å². The molecule has 0 aliphatic heterocycles. The molecule has 0 saturated heterocycles.